The van der Waals surface area contributed by atoms with Gasteiger partial charge < -0.3 is 14.9 Å². The molecular weight excluding hydrogens is 266 g/mol. The highest BCUT2D eigenvalue weighted by molar-refractivity contribution is 5.60. The van der Waals surface area contributed by atoms with E-state index in [1.807, 2.05) is 26.0 Å². The predicted octanol–water partition coefficient (Wildman–Crippen LogP) is 2.70. The van der Waals surface area contributed by atoms with E-state index in [0.717, 1.165) is 42.6 Å². The van der Waals surface area contributed by atoms with Gasteiger partial charge in [-0.05, 0) is 56.5 Å². The van der Waals surface area contributed by atoms with Crippen molar-refractivity contribution in [1.82, 2.24) is 15.5 Å². The van der Waals surface area contributed by atoms with E-state index in [4.69, 9.17) is 4.52 Å². The first kappa shape index (κ1) is 14.1. The van der Waals surface area contributed by atoms with Gasteiger partial charge in [-0.15, -0.1) is 0 Å². The molecule has 0 radical (unpaired) electrons. The molecule has 5 nitrogen and oxygen atoms in total. The van der Waals surface area contributed by atoms with Gasteiger partial charge in [-0.25, -0.2) is 0 Å². The van der Waals surface area contributed by atoms with Crippen molar-refractivity contribution in [2.24, 2.45) is 0 Å². The second-order valence-corrected chi connectivity index (χ2v) is 5.94. The number of phenolic OH excluding ortho intramolecular Hbond substituents is 1. The Morgan fingerprint density at radius 1 is 1.33 bits per heavy atom. The molecule has 0 bridgehead atoms. The molecule has 1 fully saturated rings. The number of hydrogen-bond acceptors (Lipinski definition) is 5. The first-order valence-electron chi connectivity index (χ1n) is 7.41. The number of phenols is 1. The SMILES string of the molecule is CCC1(c2nc(-c3cc(C)c(O)c(C)c3)no2)CCNC1. The molecule has 1 aliphatic rings. The maximum absolute atomic E-state index is 9.86. The number of aryl methyl sites for hydroxylation is 2. The zero-order valence-electron chi connectivity index (χ0n) is 12.7. The number of aromatic hydroxyl groups is 1. The van der Waals surface area contributed by atoms with Crippen molar-refractivity contribution in [2.45, 2.75) is 39.0 Å². The van der Waals surface area contributed by atoms with Gasteiger partial charge in [-0.1, -0.05) is 12.1 Å². The van der Waals surface area contributed by atoms with Crippen molar-refractivity contribution in [3.8, 4) is 17.1 Å². The standard InChI is InChI=1S/C16H21N3O2/c1-4-16(5-6-17-9-16)15-18-14(19-21-15)12-7-10(2)13(20)11(3)8-12/h7-8,17,20H,4-6,9H2,1-3H3. The third-order valence-electron chi connectivity index (χ3n) is 4.55. The monoisotopic (exact) mass is 287 g/mol. The Morgan fingerprint density at radius 2 is 2.05 bits per heavy atom. The van der Waals surface area contributed by atoms with Crippen LogP contribution in [0.1, 0.15) is 36.8 Å². The zero-order valence-corrected chi connectivity index (χ0v) is 12.7. The Bertz CT molecular complexity index is 634. The summed E-state index contributed by atoms with van der Waals surface area (Å²) in [6.07, 6.45) is 2.01. The number of aromatic nitrogens is 2. The molecule has 3 rings (SSSR count). The van der Waals surface area contributed by atoms with E-state index < -0.39 is 0 Å². The lowest BCUT2D eigenvalue weighted by Gasteiger charge is -2.20. The Hall–Kier alpha value is -1.88. The van der Waals surface area contributed by atoms with Crippen molar-refractivity contribution in [3.63, 3.8) is 0 Å². The second kappa shape index (κ2) is 5.15. The Morgan fingerprint density at radius 3 is 2.62 bits per heavy atom. The average Bonchev–Trinajstić information content (AvgIpc) is 3.13. The van der Waals surface area contributed by atoms with E-state index in [0.29, 0.717) is 17.5 Å². The normalized spacial score (nSPS) is 21.9. The molecule has 1 atom stereocenters. The summed E-state index contributed by atoms with van der Waals surface area (Å²) in [6, 6.07) is 3.78. The van der Waals surface area contributed by atoms with E-state index in [1.54, 1.807) is 0 Å². The quantitative estimate of drug-likeness (QED) is 0.908. The van der Waals surface area contributed by atoms with E-state index in [9.17, 15) is 5.11 Å². The van der Waals surface area contributed by atoms with Gasteiger partial charge in [0.15, 0.2) is 0 Å². The summed E-state index contributed by atoms with van der Waals surface area (Å²) in [6.45, 7) is 7.79. The van der Waals surface area contributed by atoms with Crippen LogP contribution in [-0.4, -0.2) is 28.3 Å². The van der Waals surface area contributed by atoms with Gasteiger partial charge in [0, 0.05) is 12.1 Å². The largest absolute Gasteiger partial charge is 0.507 e. The number of benzene rings is 1. The van der Waals surface area contributed by atoms with Gasteiger partial charge in [-0.3, -0.25) is 0 Å². The lowest BCUT2D eigenvalue weighted by Crippen LogP contribution is -2.28. The number of nitrogens with zero attached hydrogens (tertiary/aromatic N) is 2. The van der Waals surface area contributed by atoms with Crippen LogP contribution < -0.4 is 5.32 Å². The molecule has 0 spiro atoms. The predicted molar refractivity (Wildman–Crippen MR) is 80.3 cm³/mol. The lowest BCUT2D eigenvalue weighted by atomic mass is 9.84. The molecule has 0 amide bonds. The van der Waals surface area contributed by atoms with Crippen LogP contribution in [0.3, 0.4) is 0 Å². The van der Waals surface area contributed by atoms with Gasteiger partial charge in [0.2, 0.25) is 11.7 Å². The maximum atomic E-state index is 9.86. The fourth-order valence-electron chi connectivity index (χ4n) is 3.02. The number of hydrogen-bond donors (Lipinski definition) is 2. The van der Waals surface area contributed by atoms with Crippen LogP contribution in [0, 0.1) is 13.8 Å². The Labute approximate surface area is 124 Å². The Kier molecular flexibility index (Phi) is 3.45. The molecular formula is C16H21N3O2. The van der Waals surface area contributed by atoms with Gasteiger partial charge in [0.25, 0.3) is 0 Å². The molecule has 1 unspecified atom stereocenters. The van der Waals surface area contributed by atoms with Gasteiger partial charge >= 0.3 is 0 Å². The van der Waals surface area contributed by atoms with E-state index in [1.165, 1.54) is 0 Å². The summed E-state index contributed by atoms with van der Waals surface area (Å²) in [4.78, 5) is 4.62. The van der Waals surface area contributed by atoms with Crippen molar-refractivity contribution in [3.05, 3.63) is 29.2 Å². The van der Waals surface area contributed by atoms with E-state index in [2.05, 4.69) is 22.4 Å². The highest BCUT2D eigenvalue weighted by atomic mass is 16.5. The summed E-state index contributed by atoms with van der Waals surface area (Å²) >= 11 is 0. The molecule has 2 N–H and O–H groups in total. The Balaban J connectivity index is 1.99. The molecule has 1 aromatic carbocycles. The summed E-state index contributed by atoms with van der Waals surface area (Å²) in [7, 11) is 0. The van der Waals surface area contributed by atoms with Crippen molar-refractivity contribution in [2.75, 3.05) is 13.1 Å². The average molecular weight is 287 g/mol. The minimum absolute atomic E-state index is 0.0355. The van der Waals surface area contributed by atoms with Crippen LogP contribution in [0.15, 0.2) is 16.7 Å². The summed E-state index contributed by atoms with van der Waals surface area (Å²) in [5, 5.41) is 17.4. The van der Waals surface area contributed by atoms with Crippen LogP contribution in [0.5, 0.6) is 5.75 Å². The minimum Gasteiger partial charge on any atom is -0.507 e. The minimum atomic E-state index is -0.0355. The molecule has 21 heavy (non-hydrogen) atoms. The van der Waals surface area contributed by atoms with Crippen LogP contribution in [0.25, 0.3) is 11.4 Å². The molecule has 1 saturated heterocycles. The van der Waals surface area contributed by atoms with E-state index in [-0.39, 0.29) is 5.41 Å². The molecule has 112 valence electrons. The highest BCUT2D eigenvalue weighted by Crippen LogP contribution is 2.34. The van der Waals surface area contributed by atoms with Gasteiger partial charge in [-0.2, -0.15) is 4.98 Å². The van der Waals surface area contributed by atoms with Gasteiger partial charge in [0.1, 0.15) is 5.75 Å². The second-order valence-electron chi connectivity index (χ2n) is 5.94. The van der Waals surface area contributed by atoms with Crippen LogP contribution in [0.2, 0.25) is 0 Å². The topological polar surface area (TPSA) is 71.2 Å². The fraction of sp³-hybridized carbons (Fsp3) is 0.500. The number of nitrogens with one attached hydrogen (secondary N) is 1. The first-order valence-corrected chi connectivity index (χ1v) is 7.41. The third kappa shape index (κ3) is 2.31. The molecule has 1 aliphatic heterocycles. The van der Waals surface area contributed by atoms with E-state index >= 15 is 0 Å². The van der Waals surface area contributed by atoms with Gasteiger partial charge in [0.05, 0.1) is 5.41 Å². The highest BCUT2D eigenvalue weighted by Gasteiger charge is 2.39. The summed E-state index contributed by atoms with van der Waals surface area (Å²) in [5.41, 5.74) is 2.50. The van der Waals surface area contributed by atoms with Crippen LogP contribution >= 0.6 is 0 Å². The molecule has 2 heterocycles. The number of rotatable bonds is 3. The molecule has 2 aromatic rings. The zero-order chi connectivity index (χ0) is 15.0. The van der Waals surface area contributed by atoms with Crippen molar-refractivity contribution in [1.29, 1.82) is 0 Å². The van der Waals surface area contributed by atoms with Crippen LogP contribution in [-0.2, 0) is 5.41 Å². The summed E-state index contributed by atoms with van der Waals surface area (Å²) < 4.78 is 5.54. The molecule has 0 aliphatic carbocycles. The molecule has 0 saturated carbocycles. The third-order valence-corrected chi connectivity index (χ3v) is 4.55. The van der Waals surface area contributed by atoms with Crippen molar-refractivity contribution < 1.29 is 9.63 Å². The summed E-state index contributed by atoms with van der Waals surface area (Å²) in [5.74, 6) is 1.64. The first-order chi connectivity index (χ1) is 10.1. The lowest BCUT2D eigenvalue weighted by molar-refractivity contribution is 0.285. The molecule has 5 heteroatoms. The molecule has 1 aromatic heterocycles. The van der Waals surface area contributed by atoms with Crippen molar-refractivity contribution >= 4 is 0 Å². The fourth-order valence-corrected chi connectivity index (χ4v) is 3.02. The smallest absolute Gasteiger partial charge is 0.234 e. The maximum Gasteiger partial charge on any atom is 0.234 e. The van der Waals surface area contributed by atoms with Crippen LogP contribution in [0.4, 0.5) is 0 Å².